The molecule has 7 heteroatoms. The van der Waals surface area contributed by atoms with Crippen LogP contribution in [-0.2, 0) is 20.1 Å². The molecule has 0 fully saturated rings. The van der Waals surface area contributed by atoms with Crippen LogP contribution in [0.4, 0.5) is 0 Å². The van der Waals surface area contributed by atoms with Gasteiger partial charge in [-0.05, 0) is 46.8 Å². The first kappa shape index (κ1) is 23.6. The highest BCUT2D eigenvalue weighted by Gasteiger charge is 1.98. The van der Waals surface area contributed by atoms with E-state index in [1.54, 1.807) is 6.20 Å². The summed E-state index contributed by atoms with van der Waals surface area (Å²) in [6.45, 7) is 11.7. The average molecular weight is 388 g/mol. The van der Waals surface area contributed by atoms with Gasteiger partial charge >= 0.3 is 0 Å². The fourth-order valence-corrected chi connectivity index (χ4v) is 2.42. The SMILES string of the molecule is CN(C)CCCn1ccnc1.Cc1nccn1C.Cc1nccn1CC(C)C. The summed E-state index contributed by atoms with van der Waals surface area (Å²) in [5, 5.41) is 0. The number of nitrogens with zero attached hydrogens (tertiary/aromatic N) is 7. The van der Waals surface area contributed by atoms with E-state index in [0.29, 0.717) is 5.92 Å². The zero-order chi connectivity index (χ0) is 20.9. The highest BCUT2D eigenvalue weighted by molar-refractivity contribution is 4.88. The molecule has 0 N–H and O–H groups in total. The molecule has 0 bridgehead atoms. The molecule has 0 amide bonds. The predicted molar refractivity (Wildman–Crippen MR) is 115 cm³/mol. The number of rotatable bonds is 6. The van der Waals surface area contributed by atoms with Gasteiger partial charge in [-0.25, -0.2) is 15.0 Å². The number of imidazole rings is 3. The molecule has 28 heavy (non-hydrogen) atoms. The number of hydrogen-bond acceptors (Lipinski definition) is 4. The second kappa shape index (κ2) is 12.9. The lowest BCUT2D eigenvalue weighted by Crippen LogP contribution is -2.14. The van der Waals surface area contributed by atoms with Gasteiger partial charge in [0.25, 0.3) is 0 Å². The summed E-state index contributed by atoms with van der Waals surface area (Å²) in [5.41, 5.74) is 0. The molecule has 0 spiro atoms. The Labute approximate surface area is 170 Å². The van der Waals surface area contributed by atoms with E-state index in [2.05, 4.69) is 56.9 Å². The third-order valence-corrected chi connectivity index (χ3v) is 4.13. The minimum absolute atomic E-state index is 0.702. The van der Waals surface area contributed by atoms with Crippen molar-refractivity contribution in [2.75, 3.05) is 20.6 Å². The lowest BCUT2D eigenvalue weighted by atomic mass is 10.2. The Morgan fingerprint density at radius 3 is 2.04 bits per heavy atom. The highest BCUT2D eigenvalue weighted by Crippen LogP contribution is 2.01. The normalized spacial score (nSPS) is 10.5. The van der Waals surface area contributed by atoms with Crippen LogP contribution in [0.3, 0.4) is 0 Å². The van der Waals surface area contributed by atoms with Crippen molar-refractivity contribution in [2.45, 2.75) is 47.2 Å². The number of aryl methyl sites for hydroxylation is 4. The smallest absolute Gasteiger partial charge is 0.105 e. The van der Waals surface area contributed by atoms with E-state index in [4.69, 9.17) is 0 Å². The van der Waals surface area contributed by atoms with E-state index in [-0.39, 0.29) is 0 Å². The Morgan fingerprint density at radius 2 is 1.64 bits per heavy atom. The van der Waals surface area contributed by atoms with Crippen LogP contribution in [0, 0.1) is 19.8 Å². The van der Waals surface area contributed by atoms with Crippen molar-refractivity contribution in [3.05, 3.63) is 55.2 Å². The monoisotopic (exact) mass is 387 g/mol. The van der Waals surface area contributed by atoms with Crippen LogP contribution in [-0.4, -0.2) is 54.2 Å². The second-order valence-electron chi connectivity index (χ2n) is 7.56. The first-order valence-electron chi connectivity index (χ1n) is 9.81. The Kier molecular flexibility index (Phi) is 10.9. The molecule has 0 saturated heterocycles. The molecule has 7 nitrogen and oxygen atoms in total. The van der Waals surface area contributed by atoms with Gasteiger partial charge in [-0.1, -0.05) is 13.8 Å². The Morgan fingerprint density at radius 1 is 0.964 bits per heavy atom. The summed E-state index contributed by atoms with van der Waals surface area (Å²) >= 11 is 0. The molecule has 3 aromatic heterocycles. The van der Waals surface area contributed by atoms with Gasteiger partial charge in [0, 0.05) is 57.3 Å². The van der Waals surface area contributed by atoms with Crippen molar-refractivity contribution in [3.8, 4) is 0 Å². The molecule has 0 aliphatic heterocycles. The van der Waals surface area contributed by atoms with Crippen LogP contribution in [0.1, 0.15) is 31.9 Å². The molecule has 0 radical (unpaired) electrons. The van der Waals surface area contributed by atoms with Crippen LogP contribution in [0.15, 0.2) is 43.5 Å². The van der Waals surface area contributed by atoms with E-state index in [1.165, 1.54) is 6.42 Å². The van der Waals surface area contributed by atoms with E-state index in [9.17, 15) is 0 Å². The van der Waals surface area contributed by atoms with Crippen molar-refractivity contribution in [2.24, 2.45) is 13.0 Å². The van der Waals surface area contributed by atoms with E-state index in [0.717, 1.165) is 31.3 Å². The largest absolute Gasteiger partial charge is 0.338 e. The fourth-order valence-electron chi connectivity index (χ4n) is 2.42. The summed E-state index contributed by atoms with van der Waals surface area (Å²) in [6, 6.07) is 0. The maximum absolute atomic E-state index is 4.13. The molecule has 3 aromatic rings. The van der Waals surface area contributed by atoms with Crippen LogP contribution in [0.2, 0.25) is 0 Å². The van der Waals surface area contributed by atoms with E-state index < -0.39 is 0 Å². The van der Waals surface area contributed by atoms with Crippen LogP contribution >= 0.6 is 0 Å². The maximum atomic E-state index is 4.13. The molecule has 3 rings (SSSR count). The highest BCUT2D eigenvalue weighted by atomic mass is 15.1. The van der Waals surface area contributed by atoms with Crippen LogP contribution in [0.5, 0.6) is 0 Å². The zero-order valence-corrected chi connectivity index (χ0v) is 18.6. The van der Waals surface area contributed by atoms with Gasteiger partial charge in [-0.2, -0.15) is 0 Å². The van der Waals surface area contributed by atoms with Crippen molar-refractivity contribution >= 4 is 0 Å². The van der Waals surface area contributed by atoms with Gasteiger partial charge in [0.1, 0.15) is 11.6 Å². The average Bonchev–Trinajstić information content (AvgIpc) is 3.35. The quantitative estimate of drug-likeness (QED) is 0.650. The topological polar surface area (TPSA) is 56.7 Å². The summed E-state index contributed by atoms with van der Waals surface area (Å²) in [5.74, 6) is 2.86. The molecule has 0 saturated carbocycles. The Bertz CT molecular complexity index is 722. The third-order valence-electron chi connectivity index (χ3n) is 4.13. The Hall–Kier alpha value is -2.41. The molecular weight excluding hydrogens is 350 g/mol. The molecule has 3 heterocycles. The summed E-state index contributed by atoms with van der Waals surface area (Å²) in [4.78, 5) is 14.3. The summed E-state index contributed by atoms with van der Waals surface area (Å²) in [7, 11) is 6.16. The van der Waals surface area contributed by atoms with E-state index in [1.807, 2.05) is 62.8 Å². The lowest BCUT2D eigenvalue weighted by Gasteiger charge is -2.08. The van der Waals surface area contributed by atoms with Gasteiger partial charge in [-0.15, -0.1) is 0 Å². The molecule has 0 aliphatic rings. The van der Waals surface area contributed by atoms with Gasteiger partial charge in [0.15, 0.2) is 0 Å². The lowest BCUT2D eigenvalue weighted by molar-refractivity contribution is 0.386. The van der Waals surface area contributed by atoms with Crippen molar-refractivity contribution in [1.82, 2.24) is 33.6 Å². The fraction of sp³-hybridized carbons (Fsp3) is 0.571. The van der Waals surface area contributed by atoms with Gasteiger partial charge in [0.2, 0.25) is 0 Å². The third kappa shape index (κ3) is 10.1. The summed E-state index contributed by atoms with van der Waals surface area (Å²) in [6.07, 6.45) is 14.4. The number of hydrogen-bond donors (Lipinski definition) is 0. The molecule has 0 atom stereocenters. The molecule has 0 aromatic carbocycles. The minimum atomic E-state index is 0.702. The number of aromatic nitrogens is 6. The Balaban J connectivity index is 0.000000215. The standard InChI is InChI=1S/C8H15N3.C8H14N2.C5H8N2/c1-10(2)5-3-6-11-7-4-9-8-11;1-7(2)6-10-5-4-9-8(10)3;1-5-6-3-4-7(5)2/h4,7-8H,3,5-6H2,1-2H3;4-5,7H,6H2,1-3H3;3-4H,1-2H3. The minimum Gasteiger partial charge on any atom is -0.338 e. The predicted octanol–water partition coefficient (Wildman–Crippen LogP) is 3.41. The van der Waals surface area contributed by atoms with E-state index >= 15 is 0 Å². The second-order valence-corrected chi connectivity index (χ2v) is 7.56. The maximum Gasteiger partial charge on any atom is 0.105 e. The molecule has 156 valence electrons. The first-order chi connectivity index (χ1) is 13.3. The van der Waals surface area contributed by atoms with Crippen LogP contribution < -0.4 is 0 Å². The van der Waals surface area contributed by atoms with Crippen molar-refractivity contribution in [3.63, 3.8) is 0 Å². The molecule has 0 unspecified atom stereocenters. The van der Waals surface area contributed by atoms with Crippen molar-refractivity contribution < 1.29 is 0 Å². The summed E-state index contributed by atoms with van der Waals surface area (Å²) < 4.78 is 6.24. The van der Waals surface area contributed by atoms with Crippen molar-refractivity contribution in [1.29, 1.82) is 0 Å². The van der Waals surface area contributed by atoms with Gasteiger partial charge in [-0.3, -0.25) is 0 Å². The molecular formula is C21H37N7. The zero-order valence-electron chi connectivity index (χ0n) is 18.6. The van der Waals surface area contributed by atoms with Crippen LogP contribution in [0.25, 0.3) is 0 Å². The first-order valence-corrected chi connectivity index (χ1v) is 9.81. The van der Waals surface area contributed by atoms with Gasteiger partial charge < -0.3 is 18.6 Å². The molecule has 0 aliphatic carbocycles. The van der Waals surface area contributed by atoms with Gasteiger partial charge in [0.05, 0.1) is 6.33 Å².